The summed E-state index contributed by atoms with van der Waals surface area (Å²) in [6, 6.07) is 0.943. The summed E-state index contributed by atoms with van der Waals surface area (Å²) in [4.78, 5) is 25.9. The van der Waals surface area contributed by atoms with Crippen LogP contribution >= 0.6 is 11.6 Å². The Bertz CT molecular complexity index is 491. The van der Waals surface area contributed by atoms with E-state index in [0.717, 1.165) is 12.3 Å². The summed E-state index contributed by atoms with van der Waals surface area (Å²) in [6.07, 6.45) is 1.12. The molecule has 0 radical (unpaired) electrons. The molecule has 0 fully saturated rings. The van der Waals surface area contributed by atoms with Crippen LogP contribution in [0.25, 0.3) is 0 Å². The van der Waals surface area contributed by atoms with Gasteiger partial charge in [0.25, 0.3) is 5.91 Å². The molecule has 0 aliphatic heterocycles. The average Bonchev–Trinajstić information content (AvgIpc) is 2.29. The second kappa shape index (κ2) is 5.30. The molecule has 0 aromatic carbocycles. The van der Waals surface area contributed by atoms with Gasteiger partial charge in [0.1, 0.15) is 0 Å². The summed E-state index contributed by atoms with van der Waals surface area (Å²) in [5, 5.41) is 10.9. The van der Waals surface area contributed by atoms with E-state index < -0.39 is 23.1 Å². The Morgan fingerprint density at radius 1 is 1.56 bits per heavy atom. The fraction of sp³-hybridized carbons (Fsp3) is 0.364. The number of hydrogen-bond donors (Lipinski definition) is 2. The SMILES string of the molecule is CC(C)(CNC(=O)c1cnc(Cl)c(F)c1)C(=O)O. The number of aromatic nitrogens is 1. The number of nitrogens with one attached hydrogen (secondary N) is 1. The van der Waals surface area contributed by atoms with Crippen LogP contribution in [0.1, 0.15) is 24.2 Å². The Balaban J connectivity index is 2.72. The lowest BCUT2D eigenvalue weighted by Crippen LogP contribution is -2.38. The molecule has 1 amide bonds. The van der Waals surface area contributed by atoms with Crippen molar-refractivity contribution < 1.29 is 19.1 Å². The largest absolute Gasteiger partial charge is 0.481 e. The molecule has 0 saturated carbocycles. The van der Waals surface area contributed by atoms with E-state index in [1.54, 1.807) is 0 Å². The predicted octanol–water partition coefficient (Wildman–Crippen LogP) is 1.71. The van der Waals surface area contributed by atoms with Gasteiger partial charge >= 0.3 is 5.97 Å². The zero-order valence-electron chi connectivity index (χ0n) is 9.83. The maximum absolute atomic E-state index is 13.1. The van der Waals surface area contributed by atoms with Crippen molar-refractivity contribution in [3.05, 3.63) is 28.8 Å². The molecule has 7 heteroatoms. The van der Waals surface area contributed by atoms with Crippen LogP contribution < -0.4 is 5.32 Å². The van der Waals surface area contributed by atoms with Gasteiger partial charge in [-0.05, 0) is 19.9 Å². The fourth-order valence-corrected chi connectivity index (χ4v) is 1.13. The van der Waals surface area contributed by atoms with Crippen molar-refractivity contribution in [2.45, 2.75) is 13.8 Å². The smallest absolute Gasteiger partial charge is 0.310 e. The standard InChI is InChI=1S/C11H12ClFN2O3/c1-11(2,10(17)18)5-15-9(16)6-3-7(13)8(12)14-4-6/h3-4H,5H2,1-2H3,(H,15,16)(H,17,18). The van der Waals surface area contributed by atoms with Crippen molar-refractivity contribution >= 4 is 23.5 Å². The summed E-state index contributed by atoms with van der Waals surface area (Å²) >= 11 is 5.38. The Morgan fingerprint density at radius 2 is 2.17 bits per heavy atom. The van der Waals surface area contributed by atoms with Crippen LogP contribution in [0.15, 0.2) is 12.3 Å². The molecule has 0 aliphatic carbocycles. The van der Waals surface area contributed by atoms with E-state index in [-0.39, 0.29) is 17.3 Å². The molecule has 0 bridgehead atoms. The van der Waals surface area contributed by atoms with Gasteiger partial charge in [-0.3, -0.25) is 9.59 Å². The van der Waals surface area contributed by atoms with Crippen molar-refractivity contribution in [2.75, 3.05) is 6.54 Å². The normalized spacial score (nSPS) is 11.1. The first-order valence-corrected chi connectivity index (χ1v) is 5.44. The number of halogens is 2. The van der Waals surface area contributed by atoms with Gasteiger partial charge in [0, 0.05) is 12.7 Å². The molecule has 2 N–H and O–H groups in total. The highest BCUT2D eigenvalue weighted by Crippen LogP contribution is 2.15. The molecule has 1 rings (SSSR count). The number of amides is 1. The second-order valence-corrected chi connectivity index (χ2v) is 4.73. The van der Waals surface area contributed by atoms with E-state index in [1.807, 2.05) is 0 Å². The van der Waals surface area contributed by atoms with Crippen LogP contribution in [0.2, 0.25) is 5.15 Å². The highest BCUT2D eigenvalue weighted by Gasteiger charge is 2.27. The number of pyridine rings is 1. The van der Waals surface area contributed by atoms with Gasteiger partial charge in [0.05, 0.1) is 11.0 Å². The van der Waals surface area contributed by atoms with Gasteiger partial charge in [-0.2, -0.15) is 0 Å². The number of carbonyl (C=O) groups excluding carboxylic acids is 1. The van der Waals surface area contributed by atoms with Crippen LogP contribution in [0.4, 0.5) is 4.39 Å². The van der Waals surface area contributed by atoms with E-state index >= 15 is 0 Å². The van der Waals surface area contributed by atoms with Crippen LogP contribution in [-0.4, -0.2) is 28.5 Å². The average molecular weight is 275 g/mol. The third kappa shape index (κ3) is 3.40. The van der Waals surface area contributed by atoms with Gasteiger partial charge in [-0.25, -0.2) is 9.37 Å². The van der Waals surface area contributed by atoms with E-state index in [0.29, 0.717) is 0 Å². The van der Waals surface area contributed by atoms with E-state index in [2.05, 4.69) is 10.3 Å². The zero-order valence-corrected chi connectivity index (χ0v) is 10.6. The number of hydrogen-bond acceptors (Lipinski definition) is 3. The lowest BCUT2D eigenvalue weighted by atomic mass is 9.94. The maximum Gasteiger partial charge on any atom is 0.310 e. The van der Waals surface area contributed by atoms with Crippen LogP contribution in [-0.2, 0) is 4.79 Å². The van der Waals surface area contributed by atoms with Crippen molar-refractivity contribution in [3.63, 3.8) is 0 Å². The van der Waals surface area contributed by atoms with Crippen LogP contribution in [0.3, 0.4) is 0 Å². The Morgan fingerprint density at radius 3 is 2.67 bits per heavy atom. The lowest BCUT2D eigenvalue weighted by molar-refractivity contribution is -0.146. The summed E-state index contributed by atoms with van der Waals surface area (Å²) in [7, 11) is 0. The Hall–Kier alpha value is -1.69. The molecule has 1 aromatic heterocycles. The number of carboxylic acids is 1. The van der Waals surface area contributed by atoms with Gasteiger partial charge in [-0.1, -0.05) is 11.6 Å². The van der Waals surface area contributed by atoms with Gasteiger partial charge in [0.2, 0.25) is 0 Å². The first-order valence-electron chi connectivity index (χ1n) is 5.06. The lowest BCUT2D eigenvalue weighted by Gasteiger charge is -2.19. The van der Waals surface area contributed by atoms with Crippen molar-refractivity contribution in [1.29, 1.82) is 0 Å². The third-order valence-electron chi connectivity index (χ3n) is 2.33. The minimum Gasteiger partial charge on any atom is -0.481 e. The fourth-order valence-electron chi connectivity index (χ4n) is 1.02. The molecule has 98 valence electrons. The number of nitrogens with zero attached hydrogens (tertiary/aromatic N) is 1. The van der Waals surface area contributed by atoms with E-state index in [9.17, 15) is 14.0 Å². The van der Waals surface area contributed by atoms with Crippen molar-refractivity contribution in [3.8, 4) is 0 Å². The molecule has 0 spiro atoms. The molecule has 1 heterocycles. The monoisotopic (exact) mass is 274 g/mol. The minimum absolute atomic E-state index is 0.0157. The number of rotatable bonds is 4. The van der Waals surface area contributed by atoms with Gasteiger partial charge in [0.15, 0.2) is 11.0 Å². The van der Waals surface area contributed by atoms with Crippen LogP contribution in [0, 0.1) is 11.2 Å². The molecule has 0 saturated heterocycles. The zero-order chi connectivity index (χ0) is 13.9. The Labute approximate surface area is 108 Å². The predicted molar refractivity (Wildman–Crippen MR) is 63.0 cm³/mol. The molecule has 0 aliphatic rings. The van der Waals surface area contributed by atoms with Gasteiger partial charge in [-0.15, -0.1) is 0 Å². The maximum atomic E-state index is 13.1. The second-order valence-electron chi connectivity index (χ2n) is 4.37. The summed E-state index contributed by atoms with van der Waals surface area (Å²) in [6.45, 7) is 2.86. The first kappa shape index (κ1) is 14.4. The number of carboxylic acid groups (broad SMARTS) is 1. The molecule has 0 unspecified atom stereocenters. The summed E-state index contributed by atoms with van der Waals surface area (Å²) in [5.41, 5.74) is -1.12. The molecule has 18 heavy (non-hydrogen) atoms. The third-order valence-corrected chi connectivity index (χ3v) is 2.61. The molecule has 0 atom stereocenters. The Kier molecular flexibility index (Phi) is 4.24. The molecular formula is C11H12ClFN2O3. The van der Waals surface area contributed by atoms with E-state index in [4.69, 9.17) is 16.7 Å². The number of carbonyl (C=O) groups is 2. The van der Waals surface area contributed by atoms with Crippen molar-refractivity contribution in [1.82, 2.24) is 10.3 Å². The first-order chi connectivity index (χ1) is 8.24. The quantitative estimate of drug-likeness (QED) is 0.819. The highest BCUT2D eigenvalue weighted by molar-refractivity contribution is 6.29. The number of aliphatic carboxylic acids is 1. The van der Waals surface area contributed by atoms with Crippen molar-refractivity contribution in [2.24, 2.45) is 5.41 Å². The van der Waals surface area contributed by atoms with Crippen LogP contribution in [0.5, 0.6) is 0 Å². The minimum atomic E-state index is -1.10. The molecular weight excluding hydrogens is 263 g/mol. The summed E-state index contributed by atoms with van der Waals surface area (Å²) in [5.74, 6) is -2.45. The topological polar surface area (TPSA) is 79.3 Å². The molecule has 1 aromatic rings. The van der Waals surface area contributed by atoms with Gasteiger partial charge < -0.3 is 10.4 Å². The van der Waals surface area contributed by atoms with E-state index in [1.165, 1.54) is 13.8 Å². The highest BCUT2D eigenvalue weighted by atomic mass is 35.5. The summed E-state index contributed by atoms with van der Waals surface area (Å²) < 4.78 is 13.1. The molecule has 5 nitrogen and oxygen atoms in total.